The number of hydrogen-bond acceptors (Lipinski definition) is 7. The van der Waals surface area contributed by atoms with Crippen LogP contribution in [-0.4, -0.2) is 23.3 Å². The molecule has 0 saturated heterocycles. The Morgan fingerprint density at radius 3 is 2.42 bits per heavy atom. The van der Waals surface area contributed by atoms with E-state index in [0.717, 1.165) is 11.6 Å². The highest BCUT2D eigenvalue weighted by atomic mass is 32.2. The van der Waals surface area contributed by atoms with Crippen molar-refractivity contribution in [1.29, 1.82) is 5.26 Å². The zero-order valence-corrected chi connectivity index (χ0v) is 17.9. The average molecular weight is 464 g/mol. The van der Waals surface area contributed by atoms with Gasteiger partial charge in [-0.25, -0.2) is 9.07 Å². The quantitative estimate of drug-likeness (QED) is 0.445. The van der Waals surface area contributed by atoms with E-state index in [4.69, 9.17) is 5.14 Å². The van der Waals surface area contributed by atoms with Gasteiger partial charge < -0.3 is 4.18 Å². The summed E-state index contributed by atoms with van der Waals surface area (Å²) in [5.41, 5.74) is 2.96. The molecular formula is C22H17FN6O3S. The van der Waals surface area contributed by atoms with Gasteiger partial charge in [0.1, 0.15) is 24.2 Å². The molecule has 0 fully saturated rings. The van der Waals surface area contributed by atoms with E-state index < -0.39 is 16.1 Å². The van der Waals surface area contributed by atoms with Crippen LogP contribution in [0.4, 0.5) is 10.1 Å². The van der Waals surface area contributed by atoms with Crippen molar-refractivity contribution in [3.8, 4) is 22.9 Å². The van der Waals surface area contributed by atoms with Gasteiger partial charge in [0.2, 0.25) is 0 Å². The number of aromatic nitrogens is 3. The molecular weight excluding hydrogens is 447 g/mol. The van der Waals surface area contributed by atoms with Gasteiger partial charge in [-0.3, -0.25) is 5.01 Å². The minimum Gasteiger partial charge on any atom is -0.371 e. The van der Waals surface area contributed by atoms with Crippen LogP contribution in [0, 0.1) is 17.1 Å². The van der Waals surface area contributed by atoms with Gasteiger partial charge in [-0.1, -0.05) is 36.4 Å². The van der Waals surface area contributed by atoms with Crippen molar-refractivity contribution in [3.05, 3.63) is 96.3 Å². The number of anilines is 1. The number of halogens is 1. The van der Waals surface area contributed by atoms with Gasteiger partial charge in [0.15, 0.2) is 0 Å². The second kappa shape index (κ2) is 9.07. The summed E-state index contributed by atoms with van der Waals surface area (Å²) in [6, 6.07) is 20.5. The molecule has 33 heavy (non-hydrogen) atoms. The molecule has 4 aromatic rings. The van der Waals surface area contributed by atoms with Crippen LogP contribution < -0.4 is 14.3 Å². The molecule has 4 rings (SSSR count). The van der Waals surface area contributed by atoms with E-state index in [-0.39, 0.29) is 17.9 Å². The zero-order valence-electron chi connectivity index (χ0n) is 17.0. The summed E-state index contributed by atoms with van der Waals surface area (Å²) in [5.74, 6) is -0.925. The van der Waals surface area contributed by atoms with Crippen molar-refractivity contribution < 1.29 is 17.0 Å². The van der Waals surface area contributed by atoms with Crippen molar-refractivity contribution in [1.82, 2.24) is 14.9 Å². The maximum absolute atomic E-state index is 14.8. The van der Waals surface area contributed by atoms with Crippen LogP contribution in [0.1, 0.15) is 11.1 Å². The molecule has 0 radical (unpaired) electrons. The molecule has 0 bridgehead atoms. The molecule has 0 amide bonds. The third-order valence-corrected chi connectivity index (χ3v) is 5.17. The van der Waals surface area contributed by atoms with Crippen LogP contribution in [0.15, 0.2) is 79.4 Å². The van der Waals surface area contributed by atoms with Crippen molar-refractivity contribution in [3.63, 3.8) is 0 Å². The van der Waals surface area contributed by atoms with Gasteiger partial charge in [-0.05, 0) is 29.8 Å². The molecule has 0 unspecified atom stereocenters. The van der Waals surface area contributed by atoms with E-state index in [0.29, 0.717) is 16.8 Å². The lowest BCUT2D eigenvalue weighted by molar-refractivity contribution is 0.484. The van der Waals surface area contributed by atoms with Gasteiger partial charge >= 0.3 is 10.3 Å². The first-order valence-electron chi connectivity index (χ1n) is 9.57. The lowest BCUT2D eigenvalue weighted by Crippen LogP contribution is -2.28. The minimum atomic E-state index is -4.27. The normalized spacial score (nSPS) is 11.1. The molecule has 0 aliphatic rings. The molecule has 1 aromatic heterocycles. The third kappa shape index (κ3) is 5.15. The number of nitriles is 1. The van der Waals surface area contributed by atoms with Crippen molar-refractivity contribution in [2.75, 3.05) is 5.01 Å². The van der Waals surface area contributed by atoms with Crippen LogP contribution >= 0.6 is 0 Å². The highest BCUT2D eigenvalue weighted by Crippen LogP contribution is 2.30. The minimum absolute atomic E-state index is 0.0413. The number of benzene rings is 3. The maximum atomic E-state index is 14.8. The van der Waals surface area contributed by atoms with Crippen LogP contribution in [0.5, 0.6) is 5.75 Å². The first-order chi connectivity index (χ1) is 15.8. The molecule has 0 aliphatic carbocycles. The second-order valence-corrected chi connectivity index (χ2v) is 8.09. The summed E-state index contributed by atoms with van der Waals surface area (Å²) in [6.07, 6.45) is 2.91. The Morgan fingerprint density at radius 2 is 1.79 bits per heavy atom. The topological polar surface area (TPSA) is 127 Å². The Labute approximate surface area is 189 Å². The lowest BCUT2D eigenvalue weighted by atomic mass is 9.99. The van der Waals surface area contributed by atoms with Gasteiger partial charge in [0.05, 0.1) is 23.9 Å². The third-order valence-electron chi connectivity index (χ3n) is 4.75. The molecule has 0 saturated carbocycles. The molecule has 3 aromatic carbocycles. The number of rotatable bonds is 7. The van der Waals surface area contributed by atoms with E-state index in [1.165, 1.54) is 24.8 Å². The van der Waals surface area contributed by atoms with Crippen LogP contribution in [-0.2, 0) is 16.8 Å². The fourth-order valence-electron chi connectivity index (χ4n) is 3.28. The Kier molecular flexibility index (Phi) is 6.03. The summed E-state index contributed by atoms with van der Waals surface area (Å²) >= 11 is 0. The monoisotopic (exact) mass is 464 g/mol. The first-order valence-corrected chi connectivity index (χ1v) is 11.0. The fraction of sp³-hybridized carbons (Fsp3) is 0.0455. The zero-order chi connectivity index (χ0) is 23.4. The van der Waals surface area contributed by atoms with Gasteiger partial charge in [-0.15, -0.1) is 10.2 Å². The summed E-state index contributed by atoms with van der Waals surface area (Å²) < 4.78 is 43.1. The molecule has 0 spiro atoms. The van der Waals surface area contributed by atoms with Crippen LogP contribution in [0.3, 0.4) is 0 Å². The standard InChI is InChI=1S/C22H17FN6O3S/c23-22-11-20(32-33(25,30)31)9-7-18(22)13-29(28-14-26-27-15-28)19-8-6-17(12-24)21(10-19)16-4-2-1-3-5-16/h1-11,14-15H,13H2,(H2,25,30,31). The Balaban J connectivity index is 1.74. The SMILES string of the molecule is N#Cc1ccc(N(Cc2ccc(OS(N)(=O)=O)cc2F)n2cnnc2)cc1-c1ccccc1. The Hall–Kier alpha value is -4.27. The van der Waals surface area contributed by atoms with Crippen molar-refractivity contribution in [2.45, 2.75) is 6.54 Å². The highest BCUT2D eigenvalue weighted by molar-refractivity contribution is 7.84. The Bertz CT molecular complexity index is 1420. The van der Waals surface area contributed by atoms with Gasteiger partial charge in [-0.2, -0.15) is 18.8 Å². The molecule has 9 nitrogen and oxygen atoms in total. The molecule has 1 heterocycles. The first kappa shape index (κ1) is 21.9. The van der Waals surface area contributed by atoms with Crippen LogP contribution in [0.2, 0.25) is 0 Å². The largest absolute Gasteiger partial charge is 0.380 e. The summed E-state index contributed by atoms with van der Waals surface area (Å²) in [7, 11) is -4.27. The molecule has 2 N–H and O–H groups in total. The second-order valence-electron chi connectivity index (χ2n) is 6.94. The summed E-state index contributed by atoms with van der Waals surface area (Å²) in [6.45, 7) is 0.0413. The van der Waals surface area contributed by atoms with E-state index in [1.807, 2.05) is 36.4 Å². The smallest absolute Gasteiger partial charge is 0.371 e. The number of nitrogens with two attached hydrogens (primary N) is 1. The van der Waals surface area contributed by atoms with E-state index in [2.05, 4.69) is 20.4 Å². The summed E-state index contributed by atoms with van der Waals surface area (Å²) in [5, 5.41) is 23.8. The molecule has 11 heteroatoms. The number of nitrogens with zero attached hydrogens (tertiary/aromatic N) is 5. The number of hydrogen-bond donors (Lipinski definition) is 1. The van der Waals surface area contributed by atoms with E-state index in [1.54, 1.807) is 21.8 Å². The molecule has 166 valence electrons. The van der Waals surface area contributed by atoms with Gasteiger partial charge in [0, 0.05) is 17.2 Å². The van der Waals surface area contributed by atoms with Crippen molar-refractivity contribution >= 4 is 16.0 Å². The summed E-state index contributed by atoms with van der Waals surface area (Å²) in [4.78, 5) is 0. The Morgan fingerprint density at radius 1 is 1.06 bits per heavy atom. The predicted molar refractivity (Wildman–Crippen MR) is 118 cm³/mol. The molecule has 0 atom stereocenters. The highest BCUT2D eigenvalue weighted by Gasteiger charge is 2.17. The van der Waals surface area contributed by atoms with E-state index >= 15 is 0 Å². The van der Waals surface area contributed by atoms with Crippen molar-refractivity contribution in [2.24, 2.45) is 5.14 Å². The predicted octanol–water partition coefficient (Wildman–Crippen LogP) is 3.01. The van der Waals surface area contributed by atoms with E-state index in [9.17, 15) is 18.1 Å². The average Bonchev–Trinajstić information content (AvgIpc) is 3.32. The lowest BCUT2D eigenvalue weighted by Gasteiger charge is -2.26. The molecule has 0 aliphatic heterocycles. The van der Waals surface area contributed by atoms with Gasteiger partial charge in [0.25, 0.3) is 0 Å². The fourth-order valence-corrected chi connectivity index (χ4v) is 3.65. The maximum Gasteiger partial charge on any atom is 0.380 e. The van der Waals surface area contributed by atoms with Crippen LogP contribution in [0.25, 0.3) is 11.1 Å².